The summed E-state index contributed by atoms with van der Waals surface area (Å²) in [6.07, 6.45) is -12.4. The third-order valence-electron chi connectivity index (χ3n) is 8.29. The molecule has 1 heterocycles. The Morgan fingerprint density at radius 1 is 0.878 bits per heavy atom. The lowest BCUT2D eigenvalue weighted by Gasteiger charge is -2.35. The predicted molar refractivity (Wildman–Crippen MR) is 160 cm³/mol. The number of alkyl halides is 9. The highest BCUT2D eigenvalue weighted by molar-refractivity contribution is 5.78. The van der Waals surface area contributed by atoms with Gasteiger partial charge in [0.05, 0.1) is 18.2 Å². The summed E-state index contributed by atoms with van der Waals surface area (Å²) >= 11 is 0. The van der Waals surface area contributed by atoms with Gasteiger partial charge in [0.2, 0.25) is 5.91 Å². The van der Waals surface area contributed by atoms with Crippen molar-refractivity contribution in [2.75, 3.05) is 37.0 Å². The molecule has 1 fully saturated rings. The molecule has 0 spiro atoms. The quantitative estimate of drug-likeness (QED) is 0.197. The average molecular weight is 710 g/mol. The Kier molecular flexibility index (Phi) is 11.3. The van der Waals surface area contributed by atoms with Crippen molar-refractivity contribution >= 4 is 17.5 Å². The van der Waals surface area contributed by atoms with Gasteiger partial charge in [-0.15, -0.1) is 18.3 Å². The van der Waals surface area contributed by atoms with Crippen LogP contribution in [0.1, 0.15) is 54.9 Å². The zero-order valence-corrected chi connectivity index (χ0v) is 27.1. The molecule has 1 amide bonds. The van der Waals surface area contributed by atoms with Crippen molar-refractivity contribution in [2.24, 2.45) is 18.9 Å². The van der Waals surface area contributed by atoms with Crippen LogP contribution < -0.4 is 14.5 Å². The van der Waals surface area contributed by atoms with Gasteiger partial charge >= 0.3 is 18.7 Å². The van der Waals surface area contributed by atoms with E-state index in [1.54, 1.807) is 19.0 Å². The number of halogens is 9. The summed E-state index contributed by atoms with van der Waals surface area (Å²) in [5, 5.41) is 11.7. The average Bonchev–Trinajstić information content (AvgIpc) is 3.44. The summed E-state index contributed by atoms with van der Waals surface area (Å²) in [7, 11) is 4.79. The molecule has 0 unspecified atom stereocenters. The van der Waals surface area contributed by atoms with Gasteiger partial charge in [0.15, 0.2) is 0 Å². The number of hydrogen-bond acceptors (Lipinski definition) is 7. The van der Waals surface area contributed by atoms with Crippen LogP contribution in [0.2, 0.25) is 0 Å². The first-order valence-electron chi connectivity index (χ1n) is 15.4. The van der Waals surface area contributed by atoms with E-state index in [2.05, 4.69) is 20.1 Å². The molecule has 270 valence electrons. The molecule has 3 aromatic rings. The minimum absolute atomic E-state index is 0.00741. The van der Waals surface area contributed by atoms with Crippen LogP contribution in [-0.4, -0.2) is 64.6 Å². The number of aromatic nitrogens is 4. The molecule has 0 atom stereocenters. The van der Waals surface area contributed by atoms with Gasteiger partial charge in [-0.2, -0.15) is 31.1 Å². The van der Waals surface area contributed by atoms with E-state index in [4.69, 9.17) is 0 Å². The Morgan fingerprint density at radius 2 is 1.49 bits per heavy atom. The van der Waals surface area contributed by atoms with Crippen LogP contribution in [-0.2, 0) is 37.3 Å². The fourth-order valence-corrected chi connectivity index (χ4v) is 6.00. The van der Waals surface area contributed by atoms with Crippen LogP contribution in [0.5, 0.6) is 5.75 Å². The van der Waals surface area contributed by atoms with Crippen LogP contribution >= 0.6 is 0 Å². The number of carbonyl (C=O) groups excluding carboxylic acids is 1. The number of anilines is 2. The summed E-state index contributed by atoms with van der Waals surface area (Å²) in [5.41, 5.74) is -2.75. The molecular weight excluding hydrogens is 673 g/mol. The number of nitrogens with zero attached hydrogens (tertiary/aromatic N) is 7. The fourth-order valence-electron chi connectivity index (χ4n) is 6.00. The Morgan fingerprint density at radius 3 is 1.98 bits per heavy atom. The van der Waals surface area contributed by atoms with Crippen LogP contribution in [0.4, 0.5) is 51.1 Å². The summed E-state index contributed by atoms with van der Waals surface area (Å²) in [6, 6.07) is 4.82. The number of hydrogen-bond donors (Lipinski definition) is 0. The fraction of sp³-hybridized carbons (Fsp3) is 0.548. The van der Waals surface area contributed by atoms with Crippen LogP contribution in [0, 0.1) is 11.8 Å². The van der Waals surface area contributed by atoms with E-state index in [9.17, 15) is 44.3 Å². The number of carbonyl (C=O) groups is 1. The van der Waals surface area contributed by atoms with Gasteiger partial charge in [-0.1, -0.05) is 5.10 Å². The maximum Gasteiger partial charge on any atom is 0.573 e. The molecule has 1 aromatic heterocycles. The molecule has 0 radical (unpaired) electrons. The Bertz CT molecular complexity index is 1550. The van der Waals surface area contributed by atoms with E-state index in [0.29, 0.717) is 43.8 Å². The third kappa shape index (κ3) is 10.1. The Hall–Kier alpha value is -4.25. The topological polar surface area (TPSA) is 79.6 Å². The van der Waals surface area contributed by atoms with Crippen molar-refractivity contribution in [3.8, 4) is 5.75 Å². The number of amides is 1. The first-order valence-corrected chi connectivity index (χ1v) is 15.4. The van der Waals surface area contributed by atoms with Gasteiger partial charge in [0, 0.05) is 51.9 Å². The molecule has 4 rings (SSSR count). The second-order valence-electron chi connectivity index (χ2n) is 12.2. The van der Waals surface area contributed by atoms with Gasteiger partial charge in [-0.3, -0.25) is 4.79 Å². The number of ether oxygens (including phenoxy) is 1. The minimum Gasteiger partial charge on any atom is -0.406 e. The first kappa shape index (κ1) is 37.6. The second-order valence-corrected chi connectivity index (χ2v) is 12.2. The summed E-state index contributed by atoms with van der Waals surface area (Å²) in [4.78, 5) is 18.2. The highest BCUT2D eigenvalue weighted by Crippen LogP contribution is 2.38. The van der Waals surface area contributed by atoms with Crippen LogP contribution in [0.15, 0.2) is 36.4 Å². The molecule has 1 saturated carbocycles. The van der Waals surface area contributed by atoms with Crippen molar-refractivity contribution in [2.45, 2.75) is 64.4 Å². The molecule has 1 aliphatic rings. The summed E-state index contributed by atoms with van der Waals surface area (Å²) < 4.78 is 126. The summed E-state index contributed by atoms with van der Waals surface area (Å²) in [6.45, 7) is 1.81. The minimum atomic E-state index is -5.09. The maximum absolute atomic E-state index is 13.6. The van der Waals surface area contributed by atoms with E-state index in [1.807, 2.05) is 11.8 Å². The molecule has 0 aliphatic heterocycles. The maximum atomic E-state index is 13.6. The zero-order valence-electron chi connectivity index (χ0n) is 27.1. The van der Waals surface area contributed by atoms with Gasteiger partial charge in [-0.05, 0) is 91.3 Å². The van der Waals surface area contributed by atoms with Crippen molar-refractivity contribution in [1.82, 2.24) is 25.1 Å². The number of benzene rings is 2. The standard InChI is InChI=1S/C31H36F9N7O2/c1-5-46(16-19-6-8-21(9-7-19)27(48)44(2)3)26-11-10-25(49-31(38,39)40)14-22(26)18-47(28-41-43-45(4)42-28)17-20-12-23(29(32,33)34)15-24(13-20)30(35,36)37/h10-15,19,21H,5-9,16-18H2,1-4H3. The number of tetrazole rings is 1. The van der Waals surface area contributed by atoms with E-state index >= 15 is 0 Å². The normalized spacial score (nSPS) is 17.2. The lowest BCUT2D eigenvalue weighted by Crippen LogP contribution is -2.36. The number of aryl methyl sites for hydroxylation is 1. The van der Waals surface area contributed by atoms with E-state index in [1.165, 1.54) is 18.0 Å². The second kappa shape index (κ2) is 14.7. The van der Waals surface area contributed by atoms with E-state index in [0.717, 1.165) is 29.8 Å². The van der Waals surface area contributed by atoms with Crippen molar-refractivity contribution in [3.63, 3.8) is 0 Å². The molecule has 2 aromatic carbocycles. The lowest BCUT2D eigenvalue weighted by molar-refractivity contribution is -0.274. The summed E-state index contributed by atoms with van der Waals surface area (Å²) in [5.74, 6) is -0.663. The molecule has 0 bridgehead atoms. The molecule has 0 N–H and O–H groups in total. The highest BCUT2D eigenvalue weighted by Gasteiger charge is 2.37. The largest absolute Gasteiger partial charge is 0.573 e. The Labute approximate surface area is 276 Å². The lowest BCUT2D eigenvalue weighted by atomic mass is 9.81. The van der Waals surface area contributed by atoms with Gasteiger partial charge in [-0.25, -0.2) is 0 Å². The highest BCUT2D eigenvalue weighted by atomic mass is 19.4. The van der Waals surface area contributed by atoms with Crippen LogP contribution in [0.25, 0.3) is 0 Å². The Balaban J connectivity index is 1.71. The van der Waals surface area contributed by atoms with Crippen molar-refractivity contribution in [3.05, 3.63) is 58.7 Å². The van der Waals surface area contributed by atoms with Gasteiger partial charge < -0.3 is 19.4 Å². The van der Waals surface area contributed by atoms with E-state index in [-0.39, 0.29) is 41.9 Å². The molecular formula is C31H36F9N7O2. The number of rotatable bonds is 11. The smallest absolute Gasteiger partial charge is 0.406 e. The molecule has 1 aliphatic carbocycles. The third-order valence-corrected chi connectivity index (χ3v) is 8.29. The van der Waals surface area contributed by atoms with Crippen LogP contribution in [0.3, 0.4) is 0 Å². The van der Waals surface area contributed by atoms with Crippen molar-refractivity contribution < 1.29 is 49.0 Å². The van der Waals surface area contributed by atoms with E-state index < -0.39 is 47.7 Å². The molecule has 18 heteroatoms. The predicted octanol–water partition coefficient (Wildman–Crippen LogP) is 7.07. The van der Waals surface area contributed by atoms with Gasteiger partial charge in [0.25, 0.3) is 5.95 Å². The SMILES string of the molecule is CCN(CC1CCC(C(=O)N(C)C)CC1)c1ccc(OC(F)(F)F)cc1CN(Cc1cc(C(F)(F)F)cc(C(F)(F)F)c1)c1nnn(C)n1. The first-order chi connectivity index (χ1) is 22.7. The molecule has 49 heavy (non-hydrogen) atoms. The molecule has 0 saturated heterocycles. The monoisotopic (exact) mass is 709 g/mol. The zero-order chi connectivity index (χ0) is 36.3. The van der Waals surface area contributed by atoms with Crippen molar-refractivity contribution in [1.29, 1.82) is 0 Å². The van der Waals surface area contributed by atoms with Gasteiger partial charge in [0.1, 0.15) is 5.75 Å². The molecule has 9 nitrogen and oxygen atoms in total.